The molecule has 186 valence electrons. The average molecular weight is 536 g/mol. The van der Waals surface area contributed by atoms with E-state index in [1.54, 1.807) is 22.8 Å². The van der Waals surface area contributed by atoms with E-state index in [9.17, 15) is 4.79 Å². The van der Waals surface area contributed by atoms with Gasteiger partial charge in [-0.25, -0.2) is 15.0 Å². The van der Waals surface area contributed by atoms with Gasteiger partial charge in [0, 0.05) is 5.56 Å². The molecule has 10 nitrogen and oxygen atoms in total. The van der Waals surface area contributed by atoms with Gasteiger partial charge < -0.3 is 15.0 Å². The fourth-order valence-electron chi connectivity index (χ4n) is 3.63. The molecule has 0 saturated heterocycles. The van der Waals surface area contributed by atoms with Gasteiger partial charge in [0.25, 0.3) is 5.91 Å². The Balaban J connectivity index is 1.29. The summed E-state index contributed by atoms with van der Waals surface area (Å²) in [5.41, 5.74) is 11.6. The molecule has 0 radical (unpaired) electrons. The lowest BCUT2D eigenvalue weighted by atomic mass is 10.2. The van der Waals surface area contributed by atoms with Crippen LogP contribution >= 0.6 is 23.2 Å². The van der Waals surface area contributed by atoms with Crippen LogP contribution in [0.1, 0.15) is 11.1 Å². The average Bonchev–Trinajstić information content (AvgIpc) is 3.48. The summed E-state index contributed by atoms with van der Waals surface area (Å²) in [6.07, 6.45) is 1.51. The van der Waals surface area contributed by atoms with Crippen molar-refractivity contribution in [1.82, 2.24) is 25.3 Å². The van der Waals surface area contributed by atoms with Crippen LogP contribution < -0.4 is 15.9 Å². The molecule has 0 aliphatic carbocycles. The van der Waals surface area contributed by atoms with Crippen molar-refractivity contribution < 1.29 is 14.2 Å². The van der Waals surface area contributed by atoms with Crippen LogP contribution in [-0.4, -0.2) is 32.0 Å². The van der Waals surface area contributed by atoms with E-state index in [1.165, 1.54) is 6.21 Å². The van der Waals surface area contributed by atoms with Gasteiger partial charge in [0.15, 0.2) is 17.3 Å². The highest BCUT2D eigenvalue weighted by Crippen LogP contribution is 2.27. The molecule has 5 aromatic rings. The number of benzene rings is 3. The Morgan fingerprint density at radius 2 is 1.89 bits per heavy atom. The van der Waals surface area contributed by atoms with Gasteiger partial charge in [0.1, 0.15) is 18.9 Å². The molecule has 0 aliphatic rings. The molecule has 0 fully saturated rings. The topological polar surface area (TPSA) is 133 Å². The summed E-state index contributed by atoms with van der Waals surface area (Å²) >= 11 is 12.1. The normalized spacial score (nSPS) is 11.3. The lowest BCUT2D eigenvalue weighted by Gasteiger charge is -2.10. The Labute approximate surface area is 220 Å². The van der Waals surface area contributed by atoms with E-state index in [0.717, 1.165) is 11.1 Å². The number of hydrogen-bond donors (Lipinski definition) is 2. The maximum Gasteiger partial charge on any atom is 0.260 e. The van der Waals surface area contributed by atoms with Crippen LogP contribution in [0.3, 0.4) is 0 Å². The number of anilines is 1. The zero-order chi connectivity index (χ0) is 25.8. The Bertz CT molecular complexity index is 1610. The lowest BCUT2D eigenvalue weighted by Crippen LogP contribution is -2.23. The van der Waals surface area contributed by atoms with Crippen LogP contribution in [0.4, 0.5) is 5.82 Å². The second kappa shape index (κ2) is 10.7. The van der Waals surface area contributed by atoms with Crippen LogP contribution in [0, 0.1) is 0 Å². The van der Waals surface area contributed by atoms with Crippen molar-refractivity contribution in [3.63, 3.8) is 0 Å². The number of hydrogen-bond acceptors (Lipinski definition) is 8. The zero-order valence-electron chi connectivity index (χ0n) is 19.1. The zero-order valence-corrected chi connectivity index (χ0v) is 20.6. The Morgan fingerprint density at radius 3 is 2.70 bits per heavy atom. The molecule has 0 saturated carbocycles. The summed E-state index contributed by atoms with van der Waals surface area (Å²) < 4.78 is 12.3. The monoisotopic (exact) mass is 535 g/mol. The molecular formula is C25H19Cl2N7O3. The number of nitrogens with zero attached hydrogens (tertiary/aromatic N) is 5. The maximum absolute atomic E-state index is 12.8. The van der Waals surface area contributed by atoms with E-state index in [1.807, 2.05) is 48.5 Å². The maximum atomic E-state index is 12.8. The number of rotatable bonds is 8. The van der Waals surface area contributed by atoms with Gasteiger partial charge in [-0.05, 0) is 52.3 Å². The number of carbonyl (C=O) groups excluding carboxylic acids is 1. The van der Waals surface area contributed by atoms with E-state index in [-0.39, 0.29) is 30.6 Å². The van der Waals surface area contributed by atoms with Gasteiger partial charge in [-0.15, -0.1) is 0 Å². The SMILES string of the molecule is Nc1nonc1-c1nc2ccccc2n1CC(=O)N/N=C\c1ccccc1OCc1ccc(Cl)c(Cl)c1. The number of halogens is 2. The molecule has 0 spiro atoms. The molecular weight excluding hydrogens is 517 g/mol. The summed E-state index contributed by atoms with van der Waals surface area (Å²) in [7, 11) is 0. The van der Waals surface area contributed by atoms with E-state index in [2.05, 4.69) is 25.8 Å². The Kier molecular flexibility index (Phi) is 7.02. The highest BCUT2D eigenvalue weighted by Gasteiger charge is 2.20. The number of nitrogens with two attached hydrogens (primary N) is 1. The third-order valence-electron chi connectivity index (χ3n) is 5.37. The quantitative estimate of drug-likeness (QED) is 0.217. The summed E-state index contributed by atoms with van der Waals surface area (Å²) in [4.78, 5) is 17.3. The van der Waals surface area contributed by atoms with Gasteiger partial charge >= 0.3 is 0 Å². The molecule has 1 amide bonds. The van der Waals surface area contributed by atoms with Crippen molar-refractivity contribution in [2.45, 2.75) is 13.2 Å². The largest absolute Gasteiger partial charge is 0.488 e. The number of hydrazone groups is 1. The summed E-state index contributed by atoms with van der Waals surface area (Å²) in [5.74, 6) is 0.640. The van der Waals surface area contributed by atoms with E-state index in [0.29, 0.717) is 32.7 Å². The van der Waals surface area contributed by atoms with Gasteiger partial charge in [-0.2, -0.15) is 5.10 Å². The van der Waals surface area contributed by atoms with Crippen molar-refractivity contribution >= 4 is 52.2 Å². The molecule has 2 heterocycles. The second-order valence-electron chi connectivity index (χ2n) is 7.88. The van der Waals surface area contributed by atoms with Gasteiger partial charge in [-0.3, -0.25) is 4.79 Å². The summed E-state index contributed by atoms with van der Waals surface area (Å²) in [6, 6.07) is 20.0. The number of carbonyl (C=O) groups is 1. The molecule has 3 N–H and O–H groups in total. The number of aromatic nitrogens is 4. The van der Waals surface area contributed by atoms with Crippen LogP contribution in [0.5, 0.6) is 5.75 Å². The molecule has 0 aliphatic heterocycles. The van der Waals surface area contributed by atoms with Crippen LogP contribution in [0.15, 0.2) is 76.5 Å². The van der Waals surface area contributed by atoms with E-state index >= 15 is 0 Å². The number of fused-ring (bicyclic) bond motifs is 1. The fraction of sp³-hybridized carbons (Fsp3) is 0.0800. The molecule has 12 heteroatoms. The first-order chi connectivity index (χ1) is 18.0. The van der Waals surface area contributed by atoms with Crippen molar-refractivity contribution in [2.24, 2.45) is 5.10 Å². The third kappa shape index (κ3) is 5.40. The number of imidazole rings is 1. The summed E-state index contributed by atoms with van der Waals surface area (Å²) in [5, 5.41) is 12.5. The molecule has 37 heavy (non-hydrogen) atoms. The van der Waals surface area contributed by atoms with Crippen LogP contribution in [0.25, 0.3) is 22.6 Å². The smallest absolute Gasteiger partial charge is 0.260 e. The third-order valence-corrected chi connectivity index (χ3v) is 6.11. The number of nitrogen functional groups attached to an aromatic ring is 1. The Morgan fingerprint density at radius 1 is 1.08 bits per heavy atom. The highest BCUT2D eigenvalue weighted by atomic mass is 35.5. The molecule has 0 unspecified atom stereocenters. The van der Waals surface area contributed by atoms with Crippen molar-refractivity contribution in [3.05, 3.63) is 87.9 Å². The first-order valence-corrected chi connectivity index (χ1v) is 11.8. The van der Waals surface area contributed by atoms with Crippen molar-refractivity contribution in [3.8, 4) is 17.3 Å². The predicted octanol–water partition coefficient (Wildman–Crippen LogP) is 4.70. The molecule has 3 aromatic carbocycles. The van der Waals surface area contributed by atoms with Gasteiger partial charge in [-0.1, -0.05) is 53.5 Å². The van der Waals surface area contributed by atoms with E-state index in [4.69, 9.17) is 38.3 Å². The number of ether oxygens (including phenoxy) is 1. The van der Waals surface area contributed by atoms with Gasteiger partial charge in [0.2, 0.25) is 0 Å². The number of para-hydroxylation sites is 3. The number of nitrogens with one attached hydrogen (secondary N) is 1. The lowest BCUT2D eigenvalue weighted by molar-refractivity contribution is -0.121. The molecule has 0 bridgehead atoms. The minimum Gasteiger partial charge on any atom is -0.488 e. The molecule has 2 aromatic heterocycles. The minimum absolute atomic E-state index is 0.0764. The number of amides is 1. The van der Waals surface area contributed by atoms with Gasteiger partial charge in [0.05, 0.1) is 27.3 Å². The Hall–Kier alpha value is -4.41. The van der Waals surface area contributed by atoms with Crippen LogP contribution in [0.2, 0.25) is 10.0 Å². The predicted molar refractivity (Wildman–Crippen MR) is 140 cm³/mol. The second-order valence-corrected chi connectivity index (χ2v) is 8.69. The molecule has 0 atom stereocenters. The van der Waals surface area contributed by atoms with Crippen molar-refractivity contribution in [2.75, 3.05) is 5.73 Å². The fourth-order valence-corrected chi connectivity index (χ4v) is 3.95. The van der Waals surface area contributed by atoms with Crippen molar-refractivity contribution in [1.29, 1.82) is 0 Å². The molecule has 5 rings (SSSR count). The summed E-state index contributed by atoms with van der Waals surface area (Å²) in [6.45, 7) is 0.194. The first-order valence-electron chi connectivity index (χ1n) is 11.0. The first kappa shape index (κ1) is 24.3. The van der Waals surface area contributed by atoms with Crippen LogP contribution in [-0.2, 0) is 17.9 Å². The highest BCUT2D eigenvalue weighted by molar-refractivity contribution is 6.42. The minimum atomic E-state index is -0.384. The standard InChI is InChI=1S/C25H19Cl2N7O3/c26-17-10-9-15(11-18(17)27)14-36-21-8-4-1-5-16(21)12-29-31-22(35)13-34-20-7-3-2-6-19(20)30-25(34)23-24(28)33-37-32-23/h1-12H,13-14H2,(H2,28,33)(H,31,35)/b29-12-. The van der Waals surface area contributed by atoms with E-state index < -0.39 is 0 Å².